The van der Waals surface area contributed by atoms with Crippen molar-refractivity contribution in [2.45, 2.75) is 16.6 Å². The van der Waals surface area contributed by atoms with Crippen LogP contribution in [0.2, 0.25) is 0 Å². The molecule has 0 saturated carbocycles. The molecular formula is C18H21N7O5S2. The molecule has 0 radical (unpaired) electrons. The van der Waals surface area contributed by atoms with Gasteiger partial charge in [-0.15, -0.1) is 16.9 Å². The Kier molecular flexibility index (Phi) is 6.01. The maximum absolute atomic E-state index is 13.1. The van der Waals surface area contributed by atoms with E-state index >= 15 is 0 Å². The molecule has 0 bridgehead atoms. The summed E-state index contributed by atoms with van der Waals surface area (Å²) < 4.78 is 1.46. The zero-order valence-electron chi connectivity index (χ0n) is 17.0. The van der Waals surface area contributed by atoms with Crippen LogP contribution in [0.25, 0.3) is 0 Å². The van der Waals surface area contributed by atoms with Gasteiger partial charge >= 0.3 is 5.97 Å². The number of benzene rings is 1. The summed E-state index contributed by atoms with van der Waals surface area (Å²) >= 11 is 2.54. The van der Waals surface area contributed by atoms with Crippen molar-refractivity contribution in [2.24, 2.45) is 18.2 Å². The monoisotopic (exact) mass is 479 g/mol. The SMILES string of the molecule is Cn1nnnc1SCC1(C(=O)O)CS[C@@H]2C(N(C(=O)CN)c3ccc(O)cc3)C(=O)N2C1. The van der Waals surface area contributed by atoms with Crippen molar-refractivity contribution in [2.75, 3.05) is 29.5 Å². The predicted molar refractivity (Wildman–Crippen MR) is 116 cm³/mol. The first kappa shape index (κ1) is 22.4. The Hall–Kier alpha value is -2.84. The van der Waals surface area contributed by atoms with Crippen molar-refractivity contribution in [3.63, 3.8) is 0 Å². The van der Waals surface area contributed by atoms with Gasteiger partial charge in [0, 0.05) is 30.8 Å². The largest absolute Gasteiger partial charge is 0.508 e. The van der Waals surface area contributed by atoms with Crippen LogP contribution in [0.5, 0.6) is 5.75 Å². The van der Waals surface area contributed by atoms with Crippen LogP contribution >= 0.6 is 23.5 Å². The van der Waals surface area contributed by atoms with E-state index in [1.807, 2.05) is 0 Å². The van der Waals surface area contributed by atoms with Gasteiger partial charge in [-0.1, -0.05) is 11.8 Å². The molecule has 2 unspecified atom stereocenters. The molecule has 2 saturated heterocycles. The number of hydrogen-bond acceptors (Lipinski definition) is 10. The maximum atomic E-state index is 13.1. The van der Waals surface area contributed by atoms with Crippen molar-refractivity contribution in [1.82, 2.24) is 25.1 Å². The number of aliphatic carboxylic acids is 1. The number of aromatic hydroxyl groups is 1. The molecule has 2 amide bonds. The third-order valence-corrected chi connectivity index (χ3v) is 8.35. The van der Waals surface area contributed by atoms with Crippen molar-refractivity contribution in [3.05, 3.63) is 24.3 Å². The summed E-state index contributed by atoms with van der Waals surface area (Å²) in [5.41, 5.74) is 4.84. The zero-order chi connectivity index (χ0) is 23.0. The van der Waals surface area contributed by atoms with Gasteiger partial charge in [0.1, 0.15) is 22.6 Å². The number of amides is 2. The Morgan fingerprint density at radius 1 is 1.38 bits per heavy atom. The highest BCUT2D eigenvalue weighted by Crippen LogP contribution is 2.46. The summed E-state index contributed by atoms with van der Waals surface area (Å²) in [5, 5.41) is 30.8. The fourth-order valence-corrected chi connectivity index (χ4v) is 6.46. The molecule has 170 valence electrons. The number of rotatable bonds is 7. The summed E-state index contributed by atoms with van der Waals surface area (Å²) in [6.45, 7) is -0.267. The van der Waals surface area contributed by atoms with E-state index < -0.39 is 23.3 Å². The van der Waals surface area contributed by atoms with Crippen LogP contribution in [0, 0.1) is 5.41 Å². The average Bonchev–Trinajstić information content (AvgIpc) is 3.20. The second-order valence-corrected chi connectivity index (χ2v) is 9.60. The van der Waals surface area contributed by atoms with Crippen LogP contribution in [0.3, 0.4) is 0 Å². The molecule has 3 atom stereocenters. The van der Waals surface area contributed by atoms with Gasteiger partial charge in [0.05, 0.1) is 6.54 Å². The first-order valence-corrected chi connectivity index (χ1v) is 11.6. The van der Waals surface area contributed by atoms with Crippen LogP contribution in [0.15, 0.2) is 29.4 Å². The van der Waals surface area contributed by atoms with Crippen molar-refractivity contribution in [3.8, 4) is 5.75 Å². The van der Waals surface area contributed by atoms with Crippen LogP contribution in [-0.2, 0) is 21.4 Å². The lowest BCUT2D eigenvalue weighted by Gasteiger charge is -2.56. The van der Waals surface area contributed by atoms with E-state index in [1.165, 1.54) is 50.1 Å². The third-order valence-electron chi connectivity index (χ3n) is 5.48. The normalized spacial score (nSPS) is 24.6. The van der Waals surface area contributed by atoms with Gasteiger partial charge in [-0.25, -0.2) is 4.68 Å². The molecular weight excluding hydrogens is 458 g/mol. The summed E-state index contributed by atoms with van der Waals surface area (Å²) in [5.74, 6) is -1.30. The van der Waals surface area contributed by atoms with Gasteiger partial charge in [0.2, 0.25) is 17.0 Å². The molecule has 32 heavy (non-hydrogen) atoms. The third kappa shape index (κ3) is 3.78. The second kappa shape index (κ2) is 8.60. The minimum atomic E-state index is -1.18. The maximum Gasteiger partial charge on any atom is 0.313 e. The predicted octanol–water partition coefficient (Wildman–Crippen LogP) is -0.646. The molecule has 4 N–H and O–H groups in total. The van der Waals surface area contributed by atoms with E-state index in [4.69, 9.17) is 5.73 Å². The number of aryl methyl sites for hydroxylation is 1. The van der Waals surface area contributed by atoms with Crippen LogP contribution in [0.1, 0.15) is 0 Å². The first-order chi connectivity index (χ1) is 15.3. The highest BCUT2D eigenvalue weighted by Gasteiger charge is 2.59. The van der Waals surface area contributed by atoms with Crippen LogP contribution in [-0.4, -0.2) is 89.1 Å². The lowest BCUT2D eigenvalue weighted by Crippen LogP contribution is -2.75. The Labute approximate surface area is 191 Å². The number of hydrogen-bond donors (Lipinski definition) is 3. The second-order valence-electron chi connectivity index (χ2n) is 7.56. The van der Waals surface area contributed by atoms with Crippen LogP contribution < -0.4 is 10.6 Å². The summed E-state index contributed by atoms with van der Waals surface area (Å²) in [7, 11) is 1.66. The number of nitrogens with two attached hydrogens (primary N) is 1. The summed E-state index contributed by atoms with van der Waals surface area (Å²) in [6.07, 6.45) is 0. The minimum Gasteiger partial charge on any atom is -0.508 e. The molecule has 0 aliphatic carbocycles. The van der Waals surface area contributed by atoms with Gasteiger partial charge in [-0.3, -0.25) is 19.3 Å². The molecule has 2 aliphatic heterocycles. The number of carbonyl (C=O) groups excluding carboxylic acids is 2. The average molecular weight is 480 g/mol. The van der Waals surface area contributed by atoms with Gasteiger partial charge in [0.25, 0.3) is 0 Å². The Balaban J connectivity index is 1.54. The number of anilines is 1. The highest BCUT2D eigenvalue weighted by atomic mass is 32.2. The molecule has 1 aromatic carbocycles. The molecule has 4 rings (SSSR count). The lowest BCUT2D eigenvalue weighted by molar-refractivity contribution is -0.156. The number of fused-ring (bicyclic) bond motifs is 1. The van der Waals surface area contributed by atoms with E-state index in [9.17, 15) is 24.6 Å². The molecule has 14 heteroatoms. The lowest BCUT2D eigenvalue weighted by atomic mass is 9.89. The number of aromatic nitrogens is 4. The molecule has 3 heterocycles. The van der Waals surface area contributed by atoms with Crippen molar-refractivity contribution >= 4 is 47.0 Å². The molecule has 2 aromatic rings. The Morgan fingerprint density at radius 3 is 2.69 bits per heavy atom. The van der Waals surface area contributed by atoms with Gasteiger partial charge in [-0.2, -0.15) is 0 Å². The van der Waals surface area contributed by atoms with E-state index in [2.05, 4.69) is 15.5 Å². The highest BCUT2D eigenvalue weighted by molar-refractivity contribution is 8.00. The Morgan fingerprint density at radius 2 is 2.09 bits per heavy atom. The fourth-order valence-electron chi connectivity index (χ4n) is 3.71. The fraction of sp³-hybridized carbons (Fsp3) is 0.444. The molecule has 2 fully saturated rings. The van der Waals surface area contributed by atoms with Gasteiger partial charge in [-0.05, 0) is 34.7 Å². The van der Waals surface area contributed by atoms with Gasteiger partial charge < -0.3 is 20.8 Å². The quantitative estimate of drug-likeness (QED) is 0.341. The van der Waals surface area contributed by atoms with Crippen LogP contribution in [0.4, 0.5) is 5.69 Å². The number of thioether (sulfide) groups is 2. The number of carbonyl (C=O) groups is 3. The van der Waals surface area contributed by atoms with E-state index in [1.54, 1.807) is 19.2 Å². The number of carboxylic acid groups (broad SMARTS) is 1. The van der Waals surface area contributed by atoms with E-state index in [-0.39, 0.29) is 41.6 Å². The number of β-lactam (4-membered cyclic amide) rings is 1. The smallest absolute Gasteiger partial charge is 0.313 e. The topological polar surface area (TPSA) is 168 Å². The summed E-state index contributed by atoms with van der Waals surface area (Å²) in [6, 6.07) is 5.14. The summed E-state index contributed by atoms with van der Waals surface area (Å²) in [4.78, 5) is 40.7. The minimum absolute atomic E-state index is 0.0217. The van der Waals surface area contributed by atoms with Crippen molar-refractivity contribution in [1.29, 1.82) is 0 Å². The molecule has 1 aromatic heterocycles. The number of carboxylic acids is 1. The number of tetrazole rings is 1. The molecule has 2 aliphatic rings. The molecule has 12 nitrogen and oxygen atoms in total. The van der Waals surface area contributed by atoms with Gasteiger partial charge in [0.15, 0.2) is 0 Å². The molecule has 0 spiro atoms. The Bertz CT molecular complexity index is 1050. The standard InChI is InChI=1S/C18H21N7O5S2/c1-23-17(20-21-22-23)32-9-18(16(29)30)7-24-14(28)13(15(24)31-8-18)25(12(27)6-19)10-2-4-11(26)5-3-10/h2-5,13,15,26H,6-9,19H2,1H3,(H,29,30)/t13?,15-,18?/m1/s1. The number of phenolic OH excluding ortho intramolecular Hbond substituents is 1. The number of phenols is 1. The van der Waals surface area contributed by atoms with E-state index in [0.717, 1.165) is 0 Å². The number of nitrogens with zero attached hydrogens (tertiary/aromatic N) is 6. The van der Waals surface area contributed by atoms with Crippen molar-refractivity contribution < 1.29 is 24.6 Å². The first-order valence-electron chi connectivity index (χ1n) is 9.59. The zero-order valence-corrected chi connectivity index (χ0v) is 18.6. The van der Waals surface area contributed by atoms with E-state index in [0.29, 0.717) is 10.8 Å².